The zero-order valence-corrected chi connectivity index (χ0v) is 18.0. The van der Waals surface area contributed by atoms with Crippen molar-refractivity contribution in [3.05, 3.63) is 120 Å². The van der Waals surface area contributed by atoms with Crippen LogP contribution in [0.15, 0.2) is 115 Å². The lowest BCUT2D eigenvalue weighted by molar-refractivity contribution is 1.13. The van der Waals surface area contributed by atoms with Crippen molar-refractivity contribution in [2.45, 2.75) is 13.3 Å². The molecular weight excluding hydrogens is 394 g/mol. The molecule has 0 aliphatic heterocycles. The number of fused-ring (bicyclic) bond motifs is 1. The molecule has 0 amide bonds. The second-order valence-corrected chi connectivity index (χ2v) is 7.31. The standard InChI is InChI=1S/C28H25N3O/c1-3-5-17-23(12-4-2)31-26-18-25(21-13-8-6-9-14-21)29-20-24(26)27(32)19-28(31)30-22-15-10-7-11-16-22/h4-20,30H,2-3H2,1H3/b17-5-,23-12+. The molecule has 1 N–H and O–H groups in total. The first-order chi connectivity index (χ1) is 15.7. The number of allylic oxidation sites excluding steroid dienone is 5. The maximum atomic E-state index is 13.0. The summed E-state index contributed by atoms with van der Waals surface area (Å²) in [6.45, 7) is 5.98. The van der Waals surface area contributed by atoms with Crippen LogP contribution in [0.5, 0.6) is 0 Å². The second kappa shape index (κ2) is 9.75. The van der Waals surface area contributed by atoms with Crippen molar-refractivity contribution < 1.29 is 0 Å². The van der Waals surface area contributed by atoms with Gasteiger partial charge >= 0.3 is 0 Å². The van der Waals surface area contributed by atoms with E-state index in [1.807, 2.05) is 83.4 Å². The summed E-state index contributed by atoms with van der Waals surface area (Å²) in [4.78, 5) is 17.6. The van der Waals surface area contributed by atoms with Crippen LogP contribution in [0.3, 0.4) is 0 Å². The number of hydrogen-bond acceptors (Lipinski definition) is 3. The van der Waals surface area contributed by atoms with E-state index in [0.29, 0.717) is 11.2 Å². The molecule has 0 saturated carbocycles. The third kappa shape index (κ3) is 4.44. The molecule has 4 aromatic rings. The van der Waals surface area contributed by atoms with E-state index >= 15 is 0 Å². The van der Waals surface area contributed by atoms with Gasteiger partial charge in [-0.2, -0.15) is 0 Å². The third-order valence-electron chi connectivity index (χ3n) is 5.08. The lowest BCUT2D eigenvalue weighted by Gasteiger charge is -2.19. The van der Waals surface area contributed by atoms with E-state index in [-0.39, 0.29) is 5.43 Å². The molecule has 4 rings (SSSR count). The molecule has 0 radical (unpaired) electrons. The number of nitrogens with zero attached hydrogens (tertiary/aromatic N) is 2. The van der Waals surface area contributed by atoms with Crippen LogP contribution in [0, 0.1) is 0 Å². The molecule has 0 fully saturated rings. The summed E-state index contributed by atoms with van der Waals surface area (Å²) in [6, 6.07) is 23.4. The van der Waals surface area contributed by atoms with Crippen molar-refractivity contribution in [1.82, 2.24) is 9.55 Å². The monoisotopic (exact) mass is 419 g/mol. The van der Waals surface area contributed by atoms with Crippen molar-refractivity contribution in [2.24, 2.45) is 0 Å². The van der Waals surface area contributed by atoms with Crippen molar-refractivity contribution in [3.8, 4) is 11.3 Å². The van der Waals surface area contributed by atoms with Gasteiger partial charge in [-0.15, -0.1) is 0 Å². The van der Waals surface area contributed by atoms with Gasteiger partial charge in [-0.25, -0.2) is 0 Å². The van der Waals surface area contributed by atoms with Crippen LogP contribution in [-0.2, 0) is 0 Å². The summed E-state index contributed by atoms with van der Waals surface area (Å²) in [5, 5.41) is 3.97. The quantitative estimate of drug-likeness (QED) is 0.335. The number of para-hydroxylation sites is 1. The van der Waals surface area contributed by atoms with Crippen LogP contribution >= 0.6 is 0 Å². The molecule has 0 bridgehead atoms. The van der Waals surface area contributed by atoms with Crippen LogP contribution in [0.25, 0.3) is 27.9 Å². The summed E-state index contributed by atoms with van der Waals surface area (Å²) in [5.41, 5.74) is 4.29. The summed E-state index contributed by atoms with van der Waals surface area (Å²) in [6.07, 6.45) is 10.4. The molecule has 0 spiro atoms. The van der Waals surface area contributed by atoms with E-state index in [1.165, 1.54) is 0 Å². The maximum Gasteiger partial charge on any atom is 0.193 e. The molecule has 4 heteroatoms. The first-order valence-corrected chi connectivity index (χ1v) is 10.6. The molecule has 0 atom stereocenters. The summed E-state index contributed by atoms with van der Waals surface area (Å²) < 4.78 is 2.05. The Kier molecular flexibility index (Phi) is 6.42. The van der Waals surface area contributed by atoms with Gasteiger partial charge in [0.2, 0.25) is 0 Å². The third-order valence-corrected chi connectivity index (χ3v) is 5.08. The number of rotatable bonds is 7. The number of pyridine rings is 2. The van der Waals surface area contributed by atoms with Gasteiger partial charge in [-0.1, -0.05) is 74.2 Å². The SMILES string of the molecule is C=C/C=C(\C=C/CC)n1c(Nc2ccccc2)cc(=O)c2cnc(-c3ccccc3)cc21. The first kappa shape index (κ1) is 21.1. The Morgan fingerprint density at radius 3 is 2.47 bits per heavy atom. The highest BCUT2D eigenvalue weighted by atomic mass is 16.1. The fraction of sp³-hybridized carbons (Fsp3) is 0.0714. The van der Waals surface area contributed by atoms with Gasteiger partial charge in [0.05, 0.1) is 16.6 Å². The number of aromatic nitrogens is 2. The predicted octanol–water partition coefficient (Wildman–Crippen LogP) is 6.80. The second-order valence-electron chi connectivity index (χ2n) is 7.31. The number of benzene rings is 2. The number of nitrogens with one attached hydrogen (secondary N) is 1. The summed E-state index contributed by atoms with van der Waals surface area (Å²) in [7, 11) is 0. The molecule has 2 aromatic carbocycles. The lowest BCUT2D eigenvalue weighted by Crippen LogP contribution is -2.13. The maximum absolute atomic E-state index is 13.0. The molecule has 2 aromatic heterocycles. The molecule has 0 aliphatic rings. The Bertz CT molecular complexity index is 1350. The van der Waals surface area contributed by atoms with Gasteiger partial charge in [0.15, 0.2) is 5.43 Å². The highest BCUT2D eigenvalue weighted by molar-refractivity contribution is 5.89. The van der Waals surface area contributed by atoms with Gasteiger partial charge in [0.25, 0.3) is 0 Å². The Hall–Kier alpha value is -4.18. The van der Waals surface area contributed by atoms with Gasteiger partial charge < -0.3 is 5.32 Å². The van der Waals surface area contributed by atoms with Gasteiger partial charge in [-0.05, 0) is 36.8 Å². The van der Waals surface area contributed by atoms with Crippen LogP contribution in [-0.4, -0.2) is 9.55 Å². The molecule has 0 saturated heterocycles. The summed E-state index contributed by atoms with van der Waals surface area (Å²) >= 11 is 0. The van der Waals surface area contributed by atoms with Crippen molar-refractivity contribution in [1.29, 1.82) is 0 Å². The number of anilines is 2. The Morgan fingerprint density at radius 2 is 1.78 bits per heavy atom. The van der Waals surface area contributed by atoms with E-state index in [2.05, 4.69) is 29.9 Å². The minimum atomic E-state index is -0.0841. The van der Waals surface area contributed by atoms with Crippen LogP contribution < -0.4 is 10.7 Å². The highest BCUT2D eigenvalue weighted by Gasteiger charge is 2.14. The van der Waals surface area contributed by atoms with Crippen molar-refractivity contribution in [2.75, 3.05) is 5.32 Å². The first-order valence-electron chi connectivity index (χ1n) is 10.6. The van der Waals surface area contributed by atoms with Gasteiger partial charge in [0, 0.05) is 29.2 Å². The predicted molar refractivity (Wildman–Crippen MR) is 135 cm³/mol. The zero-order valence-electron chi connectivity index (χ0n) is 18.0. The lowest BCUT2D eigenvalue weighted by atomic mass is 10.1. The fourth-order valence-electron chi connectivity index (χ4n) is 3.59. The smallest absolute Gasteiger partial charge is 0.193 e. The minimum absolute atomic E-state index is 0.0841. The highest BCUT2D eigenvalue weighted by Crippen LogP contribution is 2.28. The zero-order chi connectivity index (χ0) is 22.3. The van der Waals surface area contributed by atoms with Crippen molar-refractivity contribution >= 4 is 28.1 Å². The van der Waals surface area contributed by atoms with Crippen LogP contribution in [0.1, 0.15) is 13.3 Å². The Morgan fingerprint density at radius 1 is 1.06 bits per heavy atom. The number of hydrogen-bond donors (Lipinski definition) is 1. The molecule has 0 aliphatic carbocycles. The van der Waals surface area contributed by atoms with E-state index < -0.39 is 0 Å². The molecule has 4 nitrogen and oxygen atoms in total. The molecule has 158 valence electrons. The van der Waals surface area contributed by atoms with E-state index in [1.54, 1.807) is 18.3 Å². The van der Waals surface area contributed by atoms with E-state index in [4.69, 9.17) is 0 Å². The fourth-order valence-corrected chi connectivity index (χ4v) is 3.59. The molecule has 0 unspecified atom stereocenters. The van der Waals surface area contributed by atoms with Gasteiger partial charge in [-0.3, -0.25) is 14.3 Å². The van der Waals surface area contributed by atoms with Crippen molar-refractivity contribution in [3.63, 3.8) is 0 Å². The normalized spacial score (nSPS) is 11.7. The van der Waals surface area contributed by atoms with Crippen LogP contribution in [0.4, 0.5) is 11.5 Å². The van der Waals surface area contributed by atoms with E-state index in [0.717, 1.165) is 34.6 Å². The topological polar surface area (TPSA) is 46.9 Å². The average molecular weight is 420 g/mol. The van der Waals surface area contributed by atoms with E-state index in [9.17, 15) is 4.79 Å². The van der Waals surface area contributed by atoms with Gasteiger partial charge in [0.1, 0.15) is 5.82 Å². The Labute approximate surface area is 187 Å². The van der Waals surface area contributed by atoms with Crippen LogP contribution in [0.2, 0.25) is 0 Å². The molecule has 32 heavy (non-hydrogen) atoms. The Balaban J connectivity index is 2.02. The molecular formula is C28H25N3O. The minimum Gasteiger partial charge on any atom is -0.341 e. The summed E-state index contributed by atoms with van der Waals surface area (Å²) in [5.74, 6) is 0.674. The molecule has 2 heterocycles. The average Bonchev–Trinajstić information content (AvgIpc) is 2.83. The largest absolute Gasteiger partial charge is 0.341 e.